The summed E-state index contributed by atoms with van der Waals surface area (Å²) in [5, 5.41) is 7.25. The van der Waals surface area contributed by atoms with E-state index < -0.39 is 48.3 Å². The standard InChI is InChI=1S/C22H19NO8/c1-13(24)28-22-19(30-21(27)15-10-6-3-7-11-15)18(17(31-22)16(25)12-23)29-20(26)14-8-4-2-5-9-14/h2-12,17-19,22-23H,1H3/t17-,18-,19-,22?/m1/s1. The van der Waals surface area contributed by atoms with Gasteiger partial charge in [-0.1, -0.05) is 36.4 Å². The lowest BCUT2D eigenvalue weighted by molar-refractivity contribution is -0.186. The second-order valence-corrected chi connectivity index (χ2v) is 6.55. The Morgan fingerprint density at radius 2 is 1.29 bits per heavy atom. The molecule has 0 bridgehead atoms. The molecule has 0 spiro atoms. The van der Waals surface area contributed by atoms with Crippen LogP contribution in [0.1, 0.15) is 27.6 Å². The molecule has 0 aromatic heterocycles. The second kappa shape index (κ2) is 9.77. The number of benzene rings is 2. The molecule has 1 unspecified atom stereocenters. The minimum atomic E-state index is -1.51. The van der Waals surface area contributed by atoms with Gasteiger partial charge in [-0.15, -0.1) is 0 Å². The topological polar surface area (TPSA) is 129 Å². The summed E-state index contributed by atoms with van der Waals surface area (Å²) < 4.78 is 21.3. The van der Waals surface area contributed by atoms with E-state index in [1.54, 1.807) is 36.4 Å². The molecule has 1 heterocycles. The number of nitrogens with one attached hydrogen (secondary N) is 1. The van der Waals surface area contributed by atoms with Crippen molar-refractivity contribution in [2.75, 3.05) is 0 Å². The van der Waals surface area contributed by atoms with Crippen LogP contribution in [-0.2, 0) is 28.5 Å². The van der Waals surface area contributed by atoms with Gasteiger partial charge in [-0.2, -0.15) is 0 Å². The van der Waals surface area contributed by atoms with Crippen LogP contribution in [0.3, 0.4) is 0 Å². The molecule has 0 radical (unpaired) electrons. The van der Waals surface area contributed by atoms with E-state index in [1.165, 1.54) is 24.3 Å². The predicted molar refractivity (Wildman–Crippen MR) is 106 cm³/mol. The van der Waals surface area contributed by atoms with Gasteiger partial charge < -0.3 is 24.4 Å². The van der Waals surface area contributed by atoms with E-state index in [0.29, 0.717) is 6.21 Å². The highest BCUT2D eigenvalue weighted by Gasteiger charge is 2.54. The first-order chi connectivity index (χ1) is 14.9. The van der Waals surface area contributed by atoms with Crippen molar-refractivity contribution in [3.8, 4) is 0 Å². The summed E-state index contributed by atoms with van der Waals surface area (Å²) in [5.41, 5.74) is 0.381. The first-order valence-corrected chi connectivity index (χ1v) is 9.29. The highest BCUT2D eigenvalue weighted by atomic mass is 16.7. The molecule has 4 atom stereocenters. The van der Waals surface area contributed by atoms with Crippen molar-refractivity contribution in [1.82, 2.24) is 0 Å². The van der Waals surface area contributed by atoms with Gasteiger partial charge in [0.05, 0.1) is 17.3 Å². The van der Waals surface area contributed by atoms with Crippen molar-refractivity contribution >= 4 is 29.9 Å². The van der Waals surface area contributed by atoms with E-state index in [0.717, 1.165) is 6.92 Å². The van der Waals surface area contributed by atoms with Crippen LogP contribution in [0.4, 0.5) is 0 Å². The van der Waals surface area contributed by atoms with E-state index in [2.05, 4.69) is 0 Å². The van der Waals surface area contributed by atoms with Crippen molar-refractivity contribution in [2.45, 2.75) is 31.5 Å². The van der Waals surface area contributed by atoms with Gasteiger partial charge >= 0.3 is 17.9 Å². The molecule has 160 valence electrons. The summed E-state index contributed by atoms with van der Waals surface area (Å²) in [4.78, 5) is 48.9. The average Bonchev–Trinajstić information content (AvgIpc) is 3.10. The molecule has 2 aromatic carbocycles. The Kier molecular flexibility index (Phi) is 6.88. The van der Waals surface area contributed by atoms with Crippen LogP contribution in [0.15, 0.2) is 60.7 Å². The van der Waals surface area contributed by atoms with E-state index >= 15 is 0 Å². The maximum Gasteiger partial charge on any atom is 0.338 e. The largest absolute Gasteiger partial charge is 0.451 e. The van der Waals surface area contributed by atoms with Crippen molar-refractivity contribution in [3.63, 3.8) is 0 Å². The van der Waals surface area contributed by atoms with Crippen LogP contribution < -0.4 is 0 Å². The highest BCUT2D eigenvalue weighted by Crippen LogP contribution is 2.30. The Labute approximate surface area is 177 Å². The molecule has 1 aliphatic heterocycles. The van der Waals surface area contributed by atoms with Crippen molar-refractivity contribution in [2.24, 2.45) is 0 Å². The van der Waals surface area contributed by atoms with E-state index in [4.69, 9.17) is 24.4 Å². The van der Waals surface area contributed by atoms with Gasteiger partial charge in [-0.25, -0.2) is 9.59 Å². The lowest BCUT2D eigenvalue weighted by atomic mass is 10.1. The molecule has 9 nitrogen and oxygen atoms in total. The number of hydrogen-bond donors (Lipinski definition) is 1. The van der Waals surface area contributed by atoms with Crippen LogP contribution >= 0.6 is 0 Å². The Morgan fingerprint density at radius 3 is 1.74 bits per heavy atom. The van der Waals surface area contributed by atoms with Gasteiger partial charge in [-0.3, -0.25) is 9.59 Å². The quantitative estimate of drug-likeness (QED) is 0.405. The molecule has 1 saturated heterocycles. The van der Waals surface area contributed by atoms with Gasteiger partial charge in [0, 0.05) is 6.92 Å². The molecule has 1 aliphatic rings. The number of ether oxygens (including phenoxy) is 4. The number of Topliss-reactive ketones (excluding diaryl/α,β-unsaturated/α-hetero) is 1. The fraction of sp³-hybridized carbons (Fsp3) is 0.227. The zero-order valence-corrected chi connectivity index (χ0v) is 16.4. The summed E-state index contributed by atoms with van der Waals surface area (Å²) in [6.07, 6.45) is -5.40. The molecule has 3 rings (SSSR count). The minimum absolute atomic E-state index is 0.188. The summed E-state index contributed by atoms with van der Waals surface area (Å²) in [6, 6.07) is 15.9. The molecule has 1 fully saturated rings. The van der Waals surface area contributed by atoms with Crippen molar-refractivity contribution in [1.29, 1.82) is 5.41 Å². The Hall–Kier alpha value is -3.85. The molecule has 1 N–H and O–H groups in total. The number of rotatable bonds is 7. The lowest BCUT2D eigenvalue weighted by Crippen LogP contribution is -2.43. The second-order valence-electron chi connectivity index (χ2n) is 6.55. The molecule has 0 aliphatic carbocycles. The maximum absolute atomic E-state index is 12.6. The van der Waals surface area contributed by atoms with Crippen LogP contribution in [0.5, 0.6) is 0 Å². The average molecular weight is 425 g/mol. The first kappa shape index (κ1) is 21.8. The van der Waals surface area contributed by atoms with Crippen LogP contribution in [0.25, 0.3) is 0 Å². The Balaban J connectivity index is 1.91. The minimum Gasteiger partial charge on any atom is -0.451 e. The summed E-state index contributed by atoms with van der Waals surface area (Å²) >= 11 is 0. The zero-order valence-electron chi connectivity index (χ0n) is 16.4. The Bertz CT molecular complexity index is 976. The monoisotopic (exact) mass is 425 g/mol. The number of ketones is 1. The number of esters is 3. The van der Waals surface area contributed by atoms with Crippen LogP contribution in [0.2, 0.25) is 0 Å². The zero-order chi connectivity index (χ0) is 22.4. The fourth-order valence-corrected chi connectivity index (χ4v) is 2.98. The van der Waals surface area contributed by atoms with Crippen molar-refractivity contribution in [3.05, 3.63) is 71.8 Å². The SMILES string of the molecule is CC(=O)OC1O[C@H](C(=O)C=N)[C@@H](OC(=O)c2ccccc2)[C@H]1OC(=O)c1ccccc1. The Morgan fingerprint density at radius 1 is 0.806 bits per heavy atom. The normalized spacial score (nSPS) is 22.2. The van der Waals surface area contributed by atoms with Crippen LogP contribution in [-0.4, -0.2) is 54.5 Å². The molecule has 2 aromatic rings. The number of carbonyl (C=O) groups excluding carboxylic acids is 4. The smallest absolute Gasteiger partial charge is 0.338 e. The third-order valence-corrected chi connectivity index (χ3v) is 4.38. The molecule has 0 saturated carbocycles. The predicted octanol–water partition coefficient (Wildman–Crippen LogP) is 1.94. The molecular weight excluding hydrogens is 406 g/mol. The van der Waals surface area contributed by atoms with E-state index in [-0.39, 0.29) is 11.1 Å². The molecule has 0 amide bonds. The maximum atomic E-state index is 12.6. The molecular formula is C22H19NO8. The van der Waals surface area contributed by atoms with Gasteiger partial charge in [0.25, 0.3) is 0 Å². The molecule has 9 heteroatoms. The summed E-state index contributed by atoms with van der Waals surface area (Å²) in [5.74, 6) is -3.21. The number of hydrogen-bond acceptors (Lipinski definition) is 9. The highest BCUT2D eigenvalue weighted by molar-refractivity contribution is 6.28. The lowest BCUT2D eigenvalue weighted by Gasteiger charge is -2.23. The summed E-state index contributed by atoms with van der Waals surface area (Å²) in [6.45, 7) is 1.11. The van der Waals surface area contributed by atoms with Crippen LogP contribution in [0, 0.1) is 5.41 Å². The summed E-state index contributed by atoms with van der Waals surface area (Å²) in [7, 11) is 0. The third-order valence-electron chi connectivity index (χ3n) is 4.38. The number of carbonyl (C=O) groups is 4. The third kappa shape index (κ3) is 5.20. The van der Waals surface area contributed by atoms with E-state index in [1.807, 2.05) is 0 Å². The van der Waals surface area contributed by atoms with Gasteiger partial charge in [-0.05, 0) is 24.3 Å². The van der Waals surface area contributed by atoms with Gasteiger partial charge in [0.2, 0.25) is 18.2 Å². The molecule has 31 heavy (non-hydrogen) atoms. The van der Waals surface area contributed by atoms with E-state index in [9.17, 15) is 19.2 Å². The van der Waals surface area contributed by atoms with Gasteiger partial charge in [0.1, 0.15) is 0 Å². The first-order valence-electron chi connectivity index (χ1n) is 9.29. The van der Waals surface area contributed by atoms with Crippen molar-refractivity contribution < 1.29 is 38.1 Å². The van der Waals surface area contributed by atoms with Gasteiger partial charge in [0.15, 0.2) is 12.2 Å². The fourth-order valence-electron chi connectivity index (χ4n) is 2.98.